The molecule has 1 atom stereocenters. The lowest BCUT2D eigenvalue weighted by Gasteiger charge is -2.37. The van der Waals surface area contributed by atoms with Crippen LogP contribution in [0.15, 0.2) is 48.5 Å². The van der Waals surface area contributed by atoms with Crippen molar-refractivity contribution in [2.45, 2.75) is 25.9 Å². The zero-order chi connectivity index (χ0) is 16.7. The summed E-state index contributed by atoms with van der Waals surface area (Å²) in [7, 11) is -3.54. The van der Waals surface area contributed by atoms with Gasteiger partial charge < -0.3 is 4.52 Å². The largest absolute Gasteiger partial charge is 0.391 e. The first kappa shape index (κ1) is 16.0. The Balaban J connectivity index is 2.13. The number of fused-ring (bicyclic) bond motifs is 1. The van der Waals surface area contributed by atoms with Crippen LogP contribution in [0.4, 0.5) is 0 Å². The highest BCUT2D eigenvalue weighted by Crippen LogP contribution is 2.67. The quantitative estimate of drug-likeness (QED) is 0.744. The average molecular weight is 330 g/mol. The summed E-state index contributed by atoms with van der Waals surface area (Å²) >= 11 is 0. The number of hydrogen-bond acceptors (Lipinski definition) is 4. The van der Waals surface area contributed by atoms with Crippen molar-refractivity contribution in [1.82, 2.24) is 0 Å². The molecule has 3 rings (SSSR count). The average Bonchev–Trinajstić information content (AvgIpc) is 2.54. The van der Waals surface area contributed by atoms with Gasteiger partial charge in [0.2, 0.25) is 0 Å². The molecule has 0 saturated carbocycles. The normalized spacial score (nSPS) is 22.3. The molecule has 0 saturated heterocycles. The van der Waals surface area contributed by atoms with E-state index < -0.39 is 18.7 Å². The molecule has 0 bridgehead atoms. The summed E-state index contributed by atoms with van der Waals surface area (Å²) in [6.07, 6.45) is 0. The SMILES string of the molecule is CCOP1(=O)OC(=O)c2cc(-c3ccccc3)ccc2C1(C)C. The first-order chi connectivity index (χ1) is 10.9. The number of hydrogen-bond donors (Lipinski definition) is 0. The van der Waals surface area contributed by atoms with E-state index in [-0.39, 0.29) is 6.61 Å². The Hall–Kier alpha value is -1.90. The maximum Gasteiger partial charge on any atom is 0.391 e. The Morgan fingerprint density at radius 2 is 1.78 bits per heavy atom. The van der Waals surface area contributed by atoms with Crippen LogP contribution in [-0.2, 0) is 18.8 Å². The fourth-order valence-electron chi connectivity index (χ4n) is 2.83. The Morgan fingerprint density at radius 1 is 1.09 bits per heavy atom. The van der Waals surface area contributed by atoms with E-state index in [9.17, 15) is 9.36 Å². The van der Waals surface area contributed by atoms with Crippen LogP contribution < -0.4 is 0 Å². The lowest BCUT2D eigenvalue weighted by molar-refractivity contribution is 0.0665. The van der Waals surface area contributed by atoms with Gasteiger partial charge in [-0.15, -0.1) is 0 Å². The Bertz CT molecular complexity index is 796. The van der Waals surface area contributed by atoms with Crippen molar-refractivity contribution in [1.29, 1.82) is 0 Å². The van der Waals surface area contributed by atoms with Crippen molar-refractivity contribution in [3.63, 3.8) is 0 Å². The van der Waals surface area contributed by atoms with Gasteiger partial charge in [-0.3, -0.25) is 4.52 Å². The summed E-state index contributed by atoms with van der Waals surface area (Å²) in [5.41, 5.74) is 3.08. The summed E-state index contributed by atoms with van der Waals surface area (Å²) in [5, 5.41) is -0.874. The highest BCUT2D eigenvalue weighted by atomic mass is 31.2. The predicted molar refractivity (Wildman–Crippen MR) is 89.6 cm³/mol. The molecule has 1 aliphatic rings. The smallest absolute Gasteiger partial charge is 0.387 e. The maximum atomic E-state index is 12.9. The first-order valence-electron chi connectivity index (χ1n) is 7.57. The molecule has 0 N–H and O–H groups in total. The van der Waals surface area contributed by atoms with Gasteiger partial charge in [-0.1, -0.05) is 42.5 Å². The van der Waals surface area contributed by atoms with Crippen molar-refractivity contribution >= 4 is 13.6 Å². The van der Waals surface area contributed by atoms with Gasteiger partial charge in [-0.2, -0.15) is 0 Å². The Kier molecular flexibility index (Phi) is 3.91. The maximum absolute atomic E-state index is 12.9. The van der Waals surface area contributed by atoms with E-state index in [1.807, 2.05) is 42.5 Å². The Morgan fingerprint density at radius 3 is 2.43 bits per heavy atom. The molecule has 120 valence electrons. The van der Waals surface area contributed by atoms with E-state index in [0.29, 0.717) is 11.1 Å². The third-order valence-electron chi connectivity index (χ3n) is 4.19. The topological polar surface area (TPSA) is 52.6 Å². The lowest BCUT2D eigenvalue weighted by atomic mass is 9.92. The third-order valence-corrected chi connectivity index (χ3v) is 6.81. The molecular formula is C18H19O4P. The van der Waals surface area contributed by atoms with Gasteiger partial charge in [0.25, 0.3) is 0 Å². The highest BCUT2D eigenvalue weighted by molar-refractivity contribution is 7.55. The Labute approximate surface area is 136 Å². The van der Waals surface area contributed by atoms with Crippen LogP contribution in [0, 0.1) is 0 Å². The molecule has 1 aliphatic heterocycles. The van der Waals surface area contributed by atoms with Crippen LogP contribution >= 0.6 is 7.60 Å². The molecule has 5 heteroatoms. The molecule has 0 aliphatic carbocycles. The fraction of sp³-hybridized carbons (Fsp3) is 0.278. The van der Waals surface area contributed by atoms with Gasteiger partial charge >= 0.3 is 13.6 Å². The molecule has 0 aromatic heterocycles. The zero-order valence-electron chi connectivity index (χ0n) is 13.4. The molecule has 23 heavy (non-hydrogen) atoms. The van der Waals surface area contributed by atoms with Gasteiger partial charge in [0, 0.05) is 0 Å². The second kappa shape index (κ2) is 5.63. The van der Waals surface area contributed by atoms with Crippen molar-refractivity contribution in [3.05, 3.63) is 59.7 Å². The van der Waals surface area contributed by atoms with Gasteiger partial charge in [-0.25, -0.2) is 9.36 Å². The number of benzene rings is 2. The second-order valence-corrected chi connectivity index (χ2v) is 8.53. The summed E-state index contributed by atoms with van der Waals surface area (Å²) in [4.78, 5) is 12.4. The minimum atomic E-state index is -3.54. The monoisotopic (exact) mass is 330 g/mol. The lowest BCUT2D eigenvalue weighted by Crippen LogP contribution is -2.30. The van der Waals surface area contributed by atoms with E-state index in [4.69, 9.17) is 9.05 Å². The second-order valence-electron chi connectivity index (χ2n) is 5.98. The highest BCUT2D eigenvalue weighted by Gasteiger charge is 2.52. The zero-order valence-corrected chi connectivity index (χ0v) is 14.3. The van der Waals surface area contributed by atoms with Crippen LogP contribution in [0.2, 0.25) is 0 Å². The summed E-state index contributed by atoms with van der Waals surface area (Å²) in [6, 6.07) is 15.4. The molecule has 2 aromatic rings. The van der Waals surface area contributed by atoms with Crippen LogP contribution in [0.5, 0.6) is 0 Å². The van der Waals surface area contributed by atoms with Crippen molar-refractivity contribution in [3.8, 4) is 11.1 Å². The number of carbonyl (C=O) groups excluding carboxylic acids is 1. The van der Waals surface area contributed by atoms with Gasteiger partial charge in [0.05, 0.1) is 12.2 Å². The van der Waals surface area contributed by atoms with Crippen LogP contribution in [0.1, 0.15) is 36.7 Å². The van der Waals surface area contributed by atoms with E-state index in [0.717, 1.165) is 11.1 Å². The standard InChI is InChI=1S/C18H19O4P/c1-4-21-23(20)18(2,3)16-11-10-14(12-15(16)17(19)22-23)13-8-6-5-7-9-13/h5-12H,4H2,1-3H3. The number of carbonyl (C=O) groups is 1. The summed E-state index contributed by atoms with van der Waals surface area (Å²) < 4.78 is 23.5. The van der Waals surface area contributed by atoms with E-state index in [1.165, 1.54) is 0 Å². The molecule has 2 aromatic carbocycles. The van der Waals surface area contributed by atoms with Crippen molar-refractivity contribution in [2.24, 2.45) is 0 Å². The van der Waals surface area contributed by atoms with Crippen LogP contribution in [0.3, 0.4) is 0 Å². The van der Waals surface area contributed by atoms with Gasteiger partial charge in [0.15, 0.2) is 0 Å². The minimum Gasteiger partial charge on any atom is -0.387 e. The molecule has 1 heterocycles. The van der Waals surface area contributed by atoms with E-state index in [1.54, 1.807) is 26.8 Å². The summed E-state index contributed by atoms with van der Waals surface area (Å²) in [5.74, 6) is -0.589. The molecule has 0 fully saturated rings. The molecular weight excluding hydrogens is 311 g/mol. The fourth-order valence-corrected chi connectivity index (χ4v) is 4.58. The van der Waals surface area contributed by atoms with Gasteiger partial charge in [-0.05, 0) is 43.5 Å². The molecule has 4 nitrogen and oxygen atoms in total. The minimum absolute atomic E-state index is 0.228. The molecule has 1 unspecified atom stereocenters. The van der Waals surface area contributed by atoms with Gasteiger partial charge in [0.1, 0.15) is 5.16 Å². The predicted octanol–water partition coefficient (Wildman–Crippen LogP) is 4.99. The van der Waals surface area contributed by atoms with Crippen molar-refractivity contribution in [2.75, 3.05) is 6.61 Å². The molecule has 0 radical (unpaired) electrons. The van der Waals surface area contributed by atoms with E-state index in [2.05, 4.69) is 0 Å². The third kappa shape index (κ3) is 2.52. The first-order valence-corrected chi connectivity index (χ1v) is 9.12. The van der Waals surface area contributed by atoms with Crippen LogP contribution in [0.25, 0.3) is 11.1 Å². The van der Waals surface area contributed by atoms with Crippen molar-refractivity contribution < 1.29 is 18.4 Å². The van der Waals surface area contributed by atoms with E-state index >= 15 is 0 Å². The number of rotatable bonds is 3. The van der Waals surface area contributed by atoms with Crippen LogP contribution in [-0.4, -0.2) is 12.6 Å². The molecule has 0 amide bonds. The molecule has 0 spiro atoms. The summed E-state index contributed by atoms with van der Waals surface area (Å²) in [6.45, 7) is 5.54.